The monoisotopic (exact) mass is 372 g/mol. The second-order valence-corrected chi connectivity index (χ2v) is 5.72. The smallest absolute Gasteiger partial charge is 0.265 e. The fraction of sp³-hybridized carbons (Fsp3) is 0.300. The molecular weight excluding hydrogens is 348 g/mol. The van der Waals surface area contributed by atoms with Crippen molar-refractivity contribution in [2.75, 3.05) is 32.7 Å². The van der Waals surface area contributed by atoms with Crippen LogP contribution in [0.15, 0.2) is 48.5 Å². The minimum atomic E-state index is -0.747. The van der Waals surface area contributed by atoms with Gasteiger partial charge >= 0.3 is 0 Å². The molecule has 2 amide bonds. The second-order valence-electron chi connectivity index (χ2n) is 5.72. The van der Waals surface area contributed by atoms with Crippen molar-refractivity contribution < 1.29 is 23.8 Å². The highest BCUT2D eigenvalue weighted by Gasteiger charge is 2.18. The van der Waals surface area contributed by atoms with Gasteiger partial charge in [0.25, 0.3) is 11.8 Å². The summed E-state index contributed by atoms with van der Waals surface area (Å²) in [6.07, 6.45) is -0.747. The van der Waals surface area contributed by atoms with Crippen LogP contribution in [0.3, 0.4) is 0 Å². The molecular formula is C20H24N2O5. The molecule has 2 aromatic rings. The summed E-state index contributed by atoms with van der Waals surface area (Å²) in [4.78, 5) is 24.7. The van der Waals surface area contributed by atoms with Gasteiger partial charge in [-0.3, -0.25) is 9.59 Å². The normalized spacial score (nSPS) is 11.4. The summed E-state index contributed by atoms with van der Waals surface area (Å²) in [5, 5.41) is 5.48. The quantitative estimate of drug-likeness (QED) is 0.661. The summed E-state index contributed by atoms with van der Waals surface area (Å²) in [6, 6.07) is 13.7. The van der Waals surface area contributed by atoms with E-state index in [4.69, 9.17) is 14.2 Å². The largest absolute Gasteiger partial charge is 0.497 e. The van der Waals surface area contributed by atoms with E-state index in [1.165, 1.54) is 0 Å². The summed E-state index contributed by atoms with van der Waals surface area (Å²) in [7, 11) is 3.14. The Hall–Kier alpha value is -3.06. The number of amides is 2. The number of methoxy groups -OCH3 is 2. The van der Waals surface area contributed by atoms with Gasteiger partial charge in [0, 0.05) is 13.7 Å². The Labute approximate surface area is 158 Å². The van der Waals surface area contributed by atoms with E-state index in [-0.39, 0.29) is 11.8 Å². The van der Waals surface area contributed by atoms with E-state index in [1.807, 2.05) is 0 Å². The molecule has 0 aromatic heterocycles. The minimum absolute atomic E-state index is 0.285. The number of nitrogens with one attached hydrogen (secondary N) is 2. The number of carbonyl (C=O) groups is 2. The Morgan fingerprint density at radius 2 is 1.67 bits per heavy atom. The van der Waals surface area contributed by atoms with E-state index in [0.29, 0.717) is 35.9 Å². The Kier molecular flexibility index (Phi) is 7.63. The first-order chi connectivity index (χ1) is 13.0. The molecule has 7 heteroatoms. The van der Waals surface area contributed by atoms with Crippen molar-refractivity contribution in [1.29, 1.82) is 0 Å². The van der Waals surface area contributed by atoms with E-state index in [0.717, 1.165) is 0 Å². The zero-order valence-corrected chi connectivity index (χ0v) is 15.7. The summed E-state index contributed by atoms with van der Waals surface area (Å²) >= 11 is 0. The van der Waals surface area contributed by atoms with Gasteiger partial charge in [-0.2, -0.15) is 0 Å². The molecule has 0 bridgehead atoms. The third-order valence-corrected chi connectivity index (χ3v) is 3.76. The zero-order chi connectivity index (χ0) is 19.6. The van der Waals surface area contributed by atoms with Gasteiger partial charge in [0.1, 0.15) is 11.5 Å². The molecule has 0 heterocycles. The van der Waals surface area contributed by atoms with Crippen molar-refractivity contribution in [3.8, 4) is 11.5 Å². The van der Waals surface area contributed by atoms with E-state index < -0.39 is 6.10 Å². The highest BCUT2D eigenvalue weighted by atomic mass is 16.5. The van der Waals surface area contributed by atoms with E-state index >= 15 is 0 Å². The first-order valence-electron chi connectivity index (χ1n) is 8.53. The van der Waals surface area contributed by atoms with Gasteiger partial charge in [0.05, 0.1) is 25.0 Å². The number of carbonyl (C=O) groups excluding carboxylic acids is 2. The molecule has 0 radical (unpaired) electrons. The maximum absolute atomic E-state index is 12.5. The first-order valence-corrected chi connectivity index (χ1v) is 8.53. The molecule has 27 heavy (non-hydrogen) atoms. The lowest BCUT2D eigenvalue weighted by molar-refractivity contribution is -0.122. The van der Waals surface area contributed by atoms with Gasteiger partial charge < -0.3 is 24.8 Å². The SMILES string of the molecule is COCCNC(=O)c1ccccc1NC(=O)[C@H](C)Oc1ccc(OC)cc1. The van der Waals surface area contributed by atoms with Crippen LogP contribution >= 0.6 is 0 Å². The van der Waals surface area contributed by atoms with Crippen molar-refractivity contribution in [2.45, 2.75) is 13.0 Å². The minimum Gasteiger partial charge on any atom is -0.497 e. The molecule has 0 aliphatic heterocycles. The first kappa shape index (κ1) is 20.3. The number of rotatable bonds is 9. The number of ether oxygens (including phenoxy) is 3. The highest BCUT2D eigenvalue weighted by Crippen LogP contribution is 2.19. The molecule has 0 unspecified atom stereocenters. The van der Waals surface area contributed by atoms with Gasteiger partial charge in [-0.05, 0) is 43.3 Å². The van der Waals surface area contributed by atoms with Crippen molar-refractivity contribution in [1.82, 2.24) is 5.32 Å². The van der Waals surface area contributed by atoms with Gasteiger partial charge in [0.15, 0.2) is 6.10 Å². The third-order valence-electron chi connectivity index (χ3n) is 3.76. The second kappa shape index (κ2) is 10.2. The maximum atomic E-state index is 12.5. The van der Waals surface area contributed by atoms with Gasteiger partial charge in [-0.25, -0.2) is 0 Å². The van der Waals surface area contributed by atoms with Gasteiger partial charge in [0.2, 0.25) is 0 Å². The van der Waals surface area contributed by atoms with Crippen LogP contribution in [0.4, 0.5) is 5.69 Å². The number of hydrogen-bond donors (Lipinski definition) is 2. The molecule has 2 rings (SSSR count). The summed E-state index contributed by atoms with van der Waals surface area (Å²) in [5.74, 6) is 0.603. The lowest BCUT2D eigenvalue weighted by atomic mass is 10.1. The van der Waals surface area contributed by atoms with Gasteiger partial charge in [-0.1, -0.05) is 12.1 Å². The summed E-state index contributed by atoms with van der Waals surface area (Å²) < 4.78 is 15.7. The van der Waals surface area contributed by atoms with E-state index in [9.17, 15) is 9.59 Å². The average Bonchev–Trinajstić information content (AvgIpc) is 2.69. The molecule has 1 atom stereocenters. The van der Waals surface area contributed by atoms with Crippen molar-refractivity contribution >= 4 is 17.5 Å². The lowest BCUT2D eigenvalue weighted by Crippen LogP contribution is -2.32. The molecule has 0 aliphatic rings. The maximum Gasteiger partial charge on any atom is 0.265 e. The molecule has 0 saturated heterocycles. The summed E-state index contributed by atoms with van der Waals surface area (Å²) in [6.45, 7) is 2.43. The fourth-order valence-electron chi connectivity index (χ4n) is 2.30. The number of para-hydroxylation sites is 1. The third kappa shape index (κ3) is 6.00. The Bertz CT molecular complexity index is 761. The van der Waals surface area contributed by atoms with E-state index in [2.05, 4.69) is 10.6 Å². The van der Waals surface area contributed by atoms with Crippen LogP contribution in [-0.2, 0) is 9.53 Å². The van der Waals surface area contributed by atoms with Crippen molar-refractivity contribution in [2.24, 2.45) is 0 Å². The predicted octanol–water partition coefficient (Wildman–Crippen LogP) is 2.48. The molecule has 2 aromatic carbocycles. The molecule has 2 N–H and O–H groups in total. The molecule has 0 fully saturated rings. The van der Waals surface area contributed by atoms with Crippen LogP contribution in [0, 0.1) is 0 Å². The predicted molar refractivity (Wildman–Crippen MR) is 102 cm³/mol. The highest BCUT2D eigenvalue weighted by molar-refractivity contribution is 6.04. The van der Waals surface area contributed by atoms with Crippen LogP contribution in [0.1, 0.15) is 17.3 Å². The molecule has 0 spiro atoms. The topological polar surface area (TPSA) is 85.9 Å². The van der Waals surface area contributed by atoms with Gasteiger partial charge in [-0.15, -0.1) is 0 Å². The average molecular weight is 372 g/mol. The van der Waals surface area contributed by atoms with Crippen LogP contribution in [0.2, 0.25) is 0 Å². The Balaban J connectivity index is 2.00. The van der Waals surface area contributed by atoms with E-state index in [1.54, 1.807) is 69.7 Å². The standard InChI is InChI=1S/C20H24N2O5/c1-14(27-16-10-8-15(26-3)9-11-16)19(23)22-18-7-5-4-6-17(18)20(24)21-12-13-25-2/h4-11,14H,12-13H2,1-3H3,(H,21,24)(H,22,23)/t14-/m0/s1. The van der Waals surface area contributed by atoms with Crippen LogP contribution in [-0.4, -0.2) is 45.3 Å². The van der Waals surface area contributed by atoms with Crippen LogP contribution in [0.25, 0.3) is 0 Å². The van der Waals surface area contributed by atoms with Crippen molar-refractivity contribution in [3.05, 3.63) is 54.1 Å². The molecule has 0 aliphatic carbocycles. The number of benzene rings is 2. The molecule has 144 valence electrons. The fourth-order valence-corrected chi connectivity index (χ4v) is 2.30. The molecule has 7 nitrogen and oxygen atoms in total. The number of anilines is 1. The zero-order valence-electron chi connectivity index (χ0n) is 15.7. The molecule has 0 saturated carbocycles. The van der Waals surface area contributed by atoms with Crippen molar-refractivity contribution in [3.63, 3.8) is 0 Å². The summed E-state index contributed by atoms with van der Waals surface area (Å²) in [5.41, 5.74) is 0.793. The van der Waals surface area contributed by atoms with Crippen LogP contribution in [0.5, 0.6) is 11.5 Å². The van der Waals surface area contributed by atoms with Crippen LogP contribution < -0.4 is 20.1 Å². The Morgan fingerprint density at radius 3 is 2.33 bits per heavy atom. The lowest BCUT2D eigenvalue weighted by Gasteiger charge is -2.16. The number of hydrogen-bond acceptors (Lipinski definition) is 5. The Morgan fingerprint density at radius 1 is 1.00 bits per heavy atom.